The Morgan fingerprint density at radius 3 is 2.68 bits per heavy atom. The largest absolute Gasteiger partial charge is 0.357 e. The molecule has 0 aliphatic carbocycles. The zero-order valence-electron chi connectivity index (χ0n) is 13.9. The minimum absolute atomic E-state index is 0. The van der Waals surface area contributed by atoms with Crippen molar-refractivity contribution in [3.63, 3.8) is 0 Å². The van der Waals surface area contributed by atoms with E-state index in [1.807, 2.05) is 47.1 Å². The van der Waals surface area contributed by atoms with E-state index in [0.29, 0.717) is 13.1 Å². The van der Waals surface area contributed by atoms with E-state index in [2.05, 4.69) is 55.6 Å². The monoisotopic (exact) mass is 513 g/mol. The molecular weight excluding hydrogens is 493 g/mol. The molecular formula is C18H21BrIN5. The van der Waals surface area contributed by atoms with Crippen molar-refractivity contribution in [2.45, 2.75) is 20.0 Å². The number of aliphatic imine (C=N–C) groups is 1. The van der Waals surface area contributed by atoms with Crippen molar-refractivity contribution < 1.29 is 0 Å². The van der Waals surface area contributed by atoms with E-state index >= 15 is 0 Å². The average molecular weight is 514 g/mol. The number of halogens is 2. The predicted octanol–water partition coefficient (Wildman–Crippen LogP) is 3.97. The molecule has 0 spiro atoms. The molecule has 2 heterocycles. The Kier molecular flexibility index (Phi) is 7.70. The van der Waals surface area contributed by atoms with Gasteiger partial charge in [-0.2, -0.15) is 0 Å². The van der Waals surface area contributed by atoms with Crippen LogP contribution in [0, 0.1) is 0 Å². The fourth-order valence-corrected chi connectivity index (χ4v) is 2.72. The summed E-state index contributed by atoms with van der Waals surface area (Å²) in [5, 5.41) is 6.60. The first-order chi connectivity index (χ1) is 11.7. The Balaban J connectivity index is 0.00000225. The van der Waals surface area contributed by atoms with Gasteiger partial charge < -0.3 is 15.0 Å². The molecule has 0 radical (unpaired) electrons. The van der Waals surface area contributed by atoms with E-state index in [9.17, 15) is 0 Å². The molecule has 0 unspecified atom stereocenters. The van der Waals surface area contributed by atoms with Gasteiger partial charge in [0, 0.05) is 23.4 Å². The van der Waals surface area contributed by atoms with Gasteiger partial charge in [0.05, 0.1) is 18.8 Å². The summed E-state index contributed by atoms with van der Waals surface area (Å²) >= 11 is 3.47. The molecule has 132 valence electrons. The second-order valence-electron chi connectivity index (χ2n) is 5.38. The average Bonchev–Trinajstić information content (AvgIpc) is 3.00. The maximum atomic E-state index is 4.62. The summed E-state index contributed by atoms with van der Waals surface area (Å²) in [6.45, 7) is 4.15. The predicted molar refractivity (Wildman–Crippen MR) is 116 cm³/mol. The third-order valence-corrected chi connectivity index (χ3v) is 3.98. The topological polar surface area (TPSA) is 53.7 Å². The number of imidazole rings is 1. The van der Waals surface area contributed by atoms with Gasteiger partial charge in [0.2, 0.25) is 0 Å². The normalized spacial score (nSPS) is 11.2. The Bertz CT molecular complexity index is 832. The van der Waals surface area contributed by atoms with Crippen molar-refractivity contribution in [2.75, 3.05) is 6.54 Å². The fraction of sp³-hybridized carbons (Fsp3) is 0.222. The number of benzene rings is 1. The smallest absolute Gasteiger partial charge is 0.191 e. The molecule has 0 aliphatic heterocycles. The number of aromatic nitrogens is 2. The van der Waals surface area contributed by atoms with Crippen LogP contribution in [0.25, 0.3) is 5.65 Å². The fourth-order valence-electron chi connectivity index (χ4n) is 2.37. The molecule has 0 amide bonds. The lowest BCUT2D eigenvalue weighted by Gasteiger charge is -2.10. The standard InChI is InChI=1S/C18H20BrN5.HI/c1-2-20-18(21-10-14-6-4-3-5-7-14)22-11-16-13-24-12-15(19)8-9-17(24)23-16;/h3-9,12-13H,2,10-11H2,1H3,(H2,20,21,22);1H. The van der Waals surface area contributed by atoms with Gasteiger partial charge in [-0.3, -0.25) is 0 Å². The summed E-state index contributed by atoms with van der Waals surface area (Å²) in [4.78, 5) is 9.22. The van der Waals surface area contributed by atoms with Crippen LogP contribution in [0.5, 0.6) is 0 Å². The molecule has 0 saturated heterocycles. The molecule has 2 aromatic heterocycles. The number of hydrogen-bond donors (Lipinski definition) is 2. The van der Waals surface area contributed by atoms with E-state index in [4.69, 9.17) is 0 Å². The maximum Gasteiger partial charge on any atom is 0.191 e. The quantitative estimate of drug-likeness (QED) is 0.308. The van der Waals surface area contributed by atoms with E-state index in [1.165, 1.54) is 5.56 Å². The van der Waals surface area contributed by atoms with Gasteiger partial charge in [-0.25, -0.2) is 9.98 Å². The highest BCUT2D eigenvalue weighted by Crippen LogP contribution is 2.12. The Labute approximate surface area is 173 Å². The summed E-state index contributed by atoms with van der Waals surface area (Å²) in [5.41, 5.74) is 3.09. The van der Waals surface area contributed by atoms with Crippen molar-refractivity contribution in [3.05, 3.63) is 70.6 Å². The van der Waals surface area contributed by atoms with Crippen molar-refractivity contribution in [2.24, 2.45) is 4.99 Å². The lowest BCUT2D eigenvalue weighted by Crippen LogP contribution is -2.36. The number of pyridine rings is 1. The van der Waals surface area contributed by atoms with E-state index in [1.54, 1.807) is 0 Å². The van der Waals surface area contributed by atoms with Gasteiger partial charge in [-0.15, -0.1) is 24.0 Å². The van der Waals surface area contributed by atoms with Crippen molar-refractivity contribution in [1.29, 1.82) is 0 Å². The van der Waals surface area contributed by atoms with Gasteiger partial charge >= 0.3 is 0 Å². The SMILES string of the molecule is CCNC(=NCc1ccccc1)NCc1cn2cc(Br)ccc2n1.I. The summed E-state index contributed by atoms with van der Waals surface area (Å²) < 4.78 is 3.04. The summed E-state index contributed by atoms with van der Waals surface area (Å²) in [6.07, 6.45) is 4.02. The van der Waals surface area contributed by atoms with Crippen LogP contribution in [-0.4, -0.2) is 21.9 Å². The minimum Gasteiger partial charge on any atom is -0.357 e. The lowest BCUT2D eigenvalue weighted by atomic mass is 10.2. The molecule has 0 atom stereocenters. The van der Waals surface area contributed by atoms with Gasteiger partial charge in [0.1, 0.15) is 5.65 Å². The second-order valence-corrected chi connectivity index (χ2v) is 6.30. The van der Waals surface area contributed by atoms with Crippen LogP contribution >= 0.6 is 39.9 Å². The highest BCUT2D eigenvalue weighted by Gasteiger charge is 2.03. The van der Waals surface area contributed by atoms with Crippen LogP contribution in [-0.2, 0) is 13.1 Å². The number of fused-ring (bicyclic) bond motifs is 1. The molecule has 0 saturated carbocycles. The summed E-state index contributed by atoms with van der Waals surface area (Å²) in [5.74, 6) is 0.791. The maximum absolute atomic E-state index is 4.62. The molecule has 3 rings (SSSR count). The first-order valence-corrected chi connectivity index (χ1v) is 8.73. The molecule has 0 fully saturated rings. The summed E-state index contributed by atoms with van der Waals surface area (Å²) in [6, 6.07) is 14.2. The summed E-state index contributed by atoms with van der Waals surface area (Å²) in [7, 11) is 0. The Hall–Kier alpha value is -1.61. The first-order valence-electron chi connectivity index (χ1n) is 7.94. The van der Waals surface area contributed by atoms with Gasteiger partial charge in [-0.1, -0.05) is 30.3 Å². The van der Waals surface area contributed by atoms with E-state index in [0.717, 1.165) is 28.3 Å². The van der Waals surface area contributed by atoms with Gasteiger partial charge in [-0.05, 0) is 40.5 Å². The molecule has 7 heteroatoms. The third kappa shape index (κ3) is 5.71. The van der Waals surface area contributed by atoms with E-state index in [-0.39, 0.29) is 24.0 Å². The second kappa shape index (κ2) is 9.76. The minimum atomic E-state index is 0. The van der Waals surface area contributed by atoms with Crippen LogP contribution in [0.1, 0.15) is 18.2 Å². The van der Waals surface area contributed by atoms with Crippen LogP contribution in [0.4, 0.5) is 0 Å². The molecule has 1 aromatic carbocycles. The molecule has 5 nitrogen and oxygen atoms in total. The van der Waals surface area contributed by atoms with Crippen molar-refractivity contribution in [3.8, 4) is 0 Å². The number of rotatable bonds is 5. The zero-order valence-corrected chi connectivity index (χ0v) is 17.9. The van der Waals surface area contributed by atoms with Crippen molar-refractivity contribution in [1.82, 2.24) is 20.0 Å². The van der Waals surface area contributed by atoms with E-state index < -0.39 is 0 Å². The number of guanidine groups is 1. The van der Waals surface area contributed by atoms with Crippen LogP contribution in [0.3, 0.4) is 0 Å². The Morgan fingerprint density at radius 1 is 1.12 bits per heavy atom. The molecule has 3 aromatic rings. The Morgan fingerprint density at radius 2 is 1.92 bits per heavy atom. The lowest BCUT2D eigenvalue weighted by molar-refractivity contribution is 0.804. The number of nitrogens with zero attached hydrogens (tertiary/aromatic N) is 3. The number of hydrogen-bond acceptors (Lipinski definition) is 2. The molecule has 0 aliphatic rings. The van der Waals surface area contributed by atoms with Gasteiger partial charge in [0.15, 0.2) is 5.96 Å². The highest BCUT2D eigenvalue weighted by atomic mass is 127. The number of nitrogens with one attached hydrogen (secondary N) is 2. The van der Waals surface area contributed by atoms with Gasteiger partial charge in [0.25, 0.3) is 0 Å². The highest BCUT2D eigenvalue weighted by molar-refractivity contribution is 14.0. The third-order valence-electron chi connectivity index (χ3n) is 3.51. The van der Waals surface area contributed by atoms with Crippen LogP contribution in [0.2, 0.25) is 0 Å². The molecule has 0 bridgehead atoms. The molecule has 2 N–H and O–H groups in total. The van der Waals surface area contributed by atoms with Crippen molar-refractivity contribution >= 4 is 51.5 Å². The first kappa shape index (κ1) is 19.7. The zero-order chi connectivity index (χ0) is 16.8. The van der Waals surface area contributed by atoms with Crippen LogP contribution in [0.15, 0.2) is 64.3 Å². The van der Waals surface area contributed by atoms with Crippen LogP contribution < -0.4 is 10.6 Å². The molecule has 25 heavy (non-hydrogen) atoms.